The first-order valence-electron chi connectivity index (χ1n) is 12.4. The van der Waals surface area contributed by atoms with E-state index in [1.54, 1.807) is 34.7 Å². The monoisotopic (exact) mass is 565 g/mol. The first-order chi connectivity index (χ1) is 18.3. The van der Waals surface area contributed by atoms with Crippen molar-refractivity contribution in [2.45, 2.75) is 70.6 Å². The lowest BCUT2D eigenvalue weighted by molar-refractivity contribution is -0.0384. The van der Waals surface area contributed by atoms with Crippen molar-refractivity contribution in [3.05, 3.63) is 52.8 Å². The molecule has 39 heavy (non-hydrogen) atoms. The molecule has 4 atom stereocenters. The van der Waals surface area contributed by atoms with E-state index in [1.807, 2.05) is 0 Å². The Balaban J connectivity index is 1.49. The molecule has 0 saturated carbocycles. The van der Waals surface area contributed by atoms with Gasteiger partial charge in [0.2, 0.25) is 0 Å². The van der Waals surface area contributed by atoms with E-state index >= 15 is 4.39 Å². The lowest BCUT2D eigenvalue weighted by Gasteiger charge is -2.26. The van der Waals surface area contributed by atoms with Crippen LogP contribution in [0.25, 0.3) is 10.6 Å². The van der Waals surface area contributed by atoms with Crippen LogP contribution in [0.1, 0.15) is 62.8 Å². The number of ether oxygens (including phenoxy) is 2. The quantitative estimate of drug-likeness (QED) is 0.420. The molecule has 210 valence electrons. The zero-order valence-electron chi connectivity index (χ0n) is 22.1. The summed E-state index contributed by atoms with van der Waals surface area (Å²) in [4.78, 5) is 29.4. The number of alkyl halides is 1. The molecular weight excluding hydrogens is 535 g/mol. The number of alkyl carbamates (subject to hydrolysis) is 1. The van der Waals surface area contributed by atoms with E-state index in [1.165, 1.54) is 22.3 Å². The largest absolute Gasteiger partial charge is 0.444 e. The predicted molar refractivity (Wildman–Crippen MR) is 139 cm³/mol. The Bertz CT molecular complexity index is 1340. The van der Waals surface area contributed by atoms with E-state index in [0.717, 1.165) is 23.5 Å². The molecule has 0 unspecified atom stereocenters. The maximum absolute atomic E-state index is 15.2. The van der Waals surface area contributed by atoms with Crippen molar-refractivity contribution >= 4 is 29.0 Å². The molecular formula is C26H30F3N5O4S. The number of benzene rings is 1. The molecule has 13 heteroatoms. The zero-order valence-corrected chi connectivity index (χ0v) is 22.9. The zero-order chi connectivity index (χ0) is 28.5. The van der Waals surface area contributed by atoms with Crippen LogP contribution in [0, 0.1) is 11.6 Å². The summed E-state index contributed by atoms with van der Waals surface area (Å²) in [5, 5.41) is 11.0. The summed E-state index contributed by atoms with van der Waals surface area (Å²) < 4.78 is 56.3. The molecule has 0 radical (unpaired) electrons. The van der Waals surface area contributed by atoms with Gasteiger partial charge in [0, 0.05) is 12.4 Å². The van der Waals surface area contributed by atoms with Gasteiger partial charge in [-0.2, -0.15) is 5.10 Å². The number of nitrogens with zero attached hydrogens (tertiary/aromatic N) is 3. The first kappa shape index (κ1) is 28.6. The Kier molecular flexibility index (Phi) is 8.31. The summed E-state index contributed by atoms with van der Waals surface area (Å²) in [6.45, 7) is 6.73. The van der Waals surface area contributed by atoms with E-state index in [-0.39, 0.29) is 22.7 Å². The summed E-state index contributed by atoms with van der Waals surface area (Å²) in [6, 6.07) is 2.64. The summed E-state index contributed by atoms with van der Waals surface area (Å²) in [5.41, 5.74) is -0.252. The van der Waals surface area contributed by atoms with Crippen LogP contribution in [0.5, 0.6) is 0 Å². The van der Waals surface area contributed by atoms with E-state index in [2.05, 4.69) is 20.7 Å². The Morgan fingerprint density at radius 2 is 1.90 bits per heavy atom. The van der Waals surface area contributed by atoms with Crippen LogP contribution in [0.15, 0.2) is 29.8 Å². The minimum Gasteiger partial charge on any atom is -0.444 e. The topological polar surface area (TPSA) is 107 Å². The van der Waals surface area contributed by atoms with Gasteiger partial charge < -0.3 is 20.1 Å². The number of amides is 2. The molecule has 0 bridgehead atoms. The van der Waals surface area contributed by atoms with Crippen LogP contribution in [0.2, 0.25) is 0 Å². The Hall–Kier alpha value is -3.45. The molecule has 0 aliphatic carbocycles. The second-order valence-electron chi connectivity index (χ2n) is 10.3. The number of anilines is 1. The van der Waals surface area contributed by atoms with E-state index < -0.39 is 53.7 Å². The van der Waals surface area contributed by atoms with Gasteiger partial charge in [0.05, 0.1) is 35.3 Å². The molecule has 3 aromatic rings. The van der Waals surface area contributed by atoms with Crippen LogP contribution in [0.3, 0.4) is 0 Å². The number of carbonyl (C=O) groups is 2. The Morgan fingerprint density at radius 1 is 1.21 bits per heavy atom. The summed E-state index contributed by atoms with van der Waals surface area (Å²) >= 11 is 0.935. The average molecular weight is 566 g/mol. The van der Waals surface area contributed by atoms with Crippen LogP contribution >= 0.6 is 11.3 Å². The third kappa shape index (κ3) is 6.59. The van der Waals surface area contributed by atoms with Crippen molar-refractivity contribution in [3.8, 4) is 10.6 Å². The summed E-state index contributed by atoms with van der Waals surface area (Å²) in [6.07, 6.45) is -1.75. The van der Waals surface area contributed by atoms with Crippen LogP contribution in [0.4, 0.5) is 23.7 Å². The molecule has 3 heterocycles. The second-order valence-corrected chi connectivity index (χ2v) is 11.1. The van der Waals surface area contributed by atoms with Gasteiger partial charge in [-0.15, -0.1) is 11.3 Å². The first-order valence-corrected chi connectivity index (χ1v) is 13.2. The molecule has 2 aromatic heterocycles. The predicted octanol–water partition coefficient (Wildman–Crippen LogP) is 5.55. The minimum absolute atomic E-state index is 0.0283. The summed E-state index contributed by atoms with van der Waals surface area (Å²) in [5.74, 6) is -2.18. The number of thiazole rings is 1. The number of rotatable bonds is 5. The number of hydrogen-bond donors (Lipinski definition) is 2. The fourth-order valence-electron chi connectivity index (χ4n) is 4.34. The average Bonchev–Trinajstić information content (AvgIpc) is 3.43. The third-order valence-electron chi connectivity index (χ3n) is 6.10. The number of hydrogen-bond acceptors (Lipinski definition) is 7. The van der Waals surface area contributed by atoms with E-state index in [4.69, 9.17) is 9.47 Å². The van der Waals surface area contributed by atoms with Gasteiger partial charge in [-0.1, -0.05) is 6.07 Å². The van der Waals surface area contributed by atoms with Crippen molar-refractivity contribution in [2.24, 2.45) is 7.05 Å². The lowest BCUT2D eigenvalue weighted by atomic mass is 10.0. The van der Waals surface area contributed by atoms with Crippen LogP contribution in [-0.2, 0) is 16.5 Å². The number of carbonyl (C=O) groups excluding carboxylic acids is 2. The van der Waals surface area contributed by atoms with Crippen molar-refractivity contribution < 1.29 is 32.2 Å². The number of aryl methyl sites for hydroxylation is 1. The minimum atomic E-state index is -1.50. The maximum Gasteiger partial charge on any atom is 0.407 e. The van der Waals surface area contributed by atoms with Gasteiger partial charge in [0.15, 0.2) is 0 Å². The van der Waals surface area contributed by atoms with Gasteiger partial charge in [-0.3, -0.25) is 9.48 Å². The van der Waals surface area contributed by atoms with Crippen molar-refractivity contribution in [1.29, 1.82) is 0 Å². The molecule has 0 spiro atoms. The highest BCUT2D eigenvalue weighted by atomic mass is 32.1. The van der Waals surface area contributed by atoms with Crippen molar-refractivity contribution in [3.63, 3.8) is 0 Å². The standard InChI is InChI=1S/C26H30F3N5O4S/c1-13-21(29)16(33-25(36)38-26(2,3)4)9-10-19(37-13)22-17(11-30-34(22)5)31-23(35)18-12-39-24(32-18)20-14(27)7-6-8-15(20)28/h6-8,11-13,16,19,21H,9-10H2,1-5H3,(H,31,35)(H,33,36)/t13-,16+,19-,21+/m0/s1. The normalized spacial score (nSPS) is 21.7. The molecule has 2 N–H and O–H groups in total. The maximum atomic E-state index is 15.2. The molecule has 1 aromatic carbocycles. The number of nitrogens with one attached hydrogen (secondary N) is 2. The molecule has 9 nitrogen and oxygen atoms in total. The fraction of sp³-hybridized carbons (Fsp3) is 0.462. The highest BCUT2D eigenvalue weighted by molar-refractivity contribution is 7.13. The number of halogens is 3. The SMILES string of the molecule is C[C@@H]1O[C@H](c2c(NC(=O)c3csc(-c4c(F)cccc4F)n3)cnn2C)CC[C@@H](NC(=O)OC(C)(C)C)[C@@H]1F. The molecule has 4 rings (SSSR count). The van der Waals surface area contributed by atoms with Gasteiger partial charge in [-0.25, -0.2) is 22.9 Å². The van der Waals surface area contributed by atoms with Gasteiger partial charge >= 0.3 is 6.09 Å². The summed E-state index contributed by atoms with van der Waals surface area (Å²) in [7, 11) is 1.66. The lowest BCUT2D eigenvalue weighted by Crippen LogP contribution is -2.46. The number of aromatic nitrogens is 3. The highest BCUT2D eigenvalue weighted by Gasteiger charge is 2.37. The van der Waals surface area contributed by atoms with Gasteiger partial charge in [0.25, 0.3) is 5.91 Å². The molecule has 1 aliphatic heterocycles. The van der Waals surface area contributed by atoms with Gasteiger partial charge in [0.1, 0.15) is 40.2 Å². The molecule has 1 fully saturated rings. The molecule has 1 saturated heterocycles. The smallest absolute Gasteiger partial charge is 0.407 e. The third-order valence-corrected chi connectivity index (χ3v) is 6.96. The van der Waals surface area contributed by atoms with Crippen molar-refractivity contribution in [2.75, 3.05) is 5.32 Å². The Morgan fingerprint density at radius 3 is 2.56 bits per heavy atom. The second kappa shape index (κ2) is 11.3. The molecule has 1 aliphatic rings. The highest BCUT2D eigenvalue weighted by Crippen LogP contribution is 2.36. The van der Waals surface area contributed by atoms with Crippen LogP contribution < -0.4 is 10.6 Å². The fourth-order valence-corrected chi connectivity index (χ4v) is 5.18. The van der Waals surface area contributed by atoms with Gasteiger partial charge in [-0.05, 0) is 52.7 Å². The Labute approximate surface area is 227 Å². The van der Waals surface area contributed by atoms with Crippen molar-refractivity contribution in [1.82, 2.24) is 20.1 Å². The van der Waals surface area contributed by atoms with Crippen LogP contribution in [-0.4, -0.2) is 50.7 Å². The molecule has 2 amide bonds. The van der Waals surface area contributed by atoms with E-state index in [0.29, 0.717) is 17.8 Å². The van der Waals surface area contributed by atoms with E-state index in [9.17, 15) is 18.4 Å².